The number of nitrogens with one attached hydrogen (secondary N) is 2. The van der Waals surface area contributed by atoms with Gasteiger partial charge in [0, 0.05) is 35.4 Å². The second-order valence-corrected chi connectivity index (χ2v) is 10.6. The van der Waals surface area contributed by atoms with Crippen molar-refractivity contribution in [2.45, 2.75) is 45.2 Å². The molecule has 2 atom stereocenters. The fourth-order valence-electron chi connectivity index (χ4n) is 5.44. The molecule has 1 saturated heterocycles. The second kappa shape index (κ2) is 10.3. The summed E-state index contributed by atoms with van der Waals surface area (Å²) in [6.45, 7) is 3.67. The highest BCUT2D eigenvalue weighted by atomic mass is 35.5. The number of rotatable bonds is 6. The molecule has 2 aromatic carbocycles. The smallest absolute Gasteiger partial charge is 0.247 e. The minimum Gasteiger partial charge on any atom is -0.346 e. The van der Waals surface area contributed by atoms with Gasteiger partial charge in [0.15, 0.2) is 5.82 Å². The number of carbonyl (C=O) groups is 2. The van der Waals surface area contributed by atoms with Crippen LogP contribution in [0.5, 0.6) is 0 Å². The molecule has 10 nitrogen and oxygen atoms in total. The van der Waals surface area contributed by atoms with Gasteiger partial charge in [0.25, 0.3) is 0 Å². The van der Waals surface area contributed by atoms with Crippen LogP contribution >= 0.6 is 11.6 Å². The third-order valence-corrected chi connectivity index (χ3v) is 7.69. The number of para-hydroxylation sites is 1. The number of aromatic nitrogens is 6. The summed E-state index contributed by atoms with van der Waals surface area (Å²) in [6, 6.07) is 10.2. The first-order chi connectivity index (χ1) is 19.3. The SMILES string of the molecule is CC(C)C(=O)Nc1ccccc1-c1c[nH]c([C@@H]2CC[C@@H]3CC(c4c(-n5cnnn5)ccc(Cl)c4F)=CC(=O)N32)n1. The highest BCUT2D eigenvalue weighted by Gasteiger charge is 2.42. The number of carbonyl (C=O) groups excluding carboxylic acids is 2. The van der Waals surface area contributed by atoms with Gasteiger partial charge in [-0.05, 0) is 53.5 Å². The molecule has 0 radical (unpaired) electrons. The molecule has 0 spiro atoms. The molecule has 2 N–H and O–H groups in total. The molecule has 40 heavy (non-hydrogen) atoms. The lowest BCUT2D eigenvalue weighted by atomic mass is 9.92. The summed E-state index contributed by atoms with van der Waals surface area (Å²) in [4.78, 5) is 35.7. The molecule has 0 aliphatic carbocycles. The van der Waals surface area contributed by atoms with Crippen LogP contribution in [-0.2, 0) is 9.59 Å². The van der Waals surface area contributed by atoms with Crippen LogP contribution in [0.1, 0.15) is 50.5 Å². The van der Waals surface area contributed by atoms with Gasteiger partial charge in [0.1, 0.15) is 12.2 Å². The van der Waals surface area contributed by atoms with Crippen LogP contribution in [0.25, 0.3) is 22.5 Å². The van der Waals surface area contributed by atoms with Crippen molar-refractivity contribution in [3.8, 4) is 16.9 Å². The van der Waals surface area contributed by atoms with Crippen molar-refractivity contribution >= 4 is 34.7 Å². The van der Waals surface area contributed by atoms with Gasteiger partial charge in [-0.1, -0.05) is 43.6 Å². The van der Waals surface area contributed by atoms with Crippen molar-refractivity contribution in [2.24, 2.45) is 5.92 Å². The van der Waals surface area contributed by atoms with E-state index in [-0.39, 0.29) is 40.4 Å². The first kappa shape index (κ1) is 25.9. The van der Waals surface area contributed by atoms with Crippen LogP contribution in [0.15, 0.2) is 55.0 Å². The molecule has 0 bridgehead atoms. The number of halogens is 2. The number of tetrazole rings is 1. The van der Waals surface area contributed by atoms with E-state index >= 15 is 4.39 Å². The molecule has 0 unspecified atom stereocenters. The van der Waals surface area contributed by atoms with Crippen molar-refractivity contribution in [1.29, 1.82) is 0 Å². The van der Waals surface area contributed by atoms with Gasteiger partial charge in [0.05, 0.1) is 28.1 Å². The number of anilines is 1. The highest BCUT2D eigenvalue weighted by Crippen LogP contribution is 2.44. The molecule has 2 aliphatic rings. The fraction of sp³-hybridized carbons (Fsp3) is 0.286. The Morgan fingerprint density at radius 2 is 2.02 bits per heavy atom. The Hall–Kier alpha value is -4.38. The van der Waals surface area contributed by atoms with Crippen LogP contribution < -0.4 is 5.32 Å². The van der Waals surface area contributed by atoms with E-state index < -0.39 is 5.82 Å². The number of nitrogens with zero attached hydrogens (tertiary/aromatic N) is 6. The maximum atomic E-state index is 15.4. The summed E-state index contributed by atoms with van der Waals surface area (Å²) in [5, 5.41) is 14.1. The van der Waals surface area contributed by atoms with Crippen molar-refractivity contribution < 1.29 is 14.0 Å². The Bertz CT molecular complexity index is 1630. The largest absolute Gasteiger partial charge is 0.346 e. The zero-order chi connectivity index (χ0) is 28.0. The first-order valence-corrected chi connectivity index (χ1v) is 13.4. The van der Waals surface area contributed by atoms with Gasteiger partial charge in [-0.3, -0.25) is 9.59 Å². The Morgan fingerprint density at radius 1 is 1.20 bits per heavy atom. The standard InChI is InChI=1S/C28H26ClFN8O2/c1-15(2)28(40)34-20-6-4-3-5-18(20)21-13-31-27(33-21)23-9-7-17-11-16(12-24(39)38(17)23)25-22(37-14-32-35-36-37)10-8-19(29)26(25)30/h3-6,8,10,12-15,17,23H,7,9,11H2,1-2H3,(H,31,33)(H,34,40)/t17-,23+/m1/s1. The number of aromatic amines is 1. The van der Waals surface area contributed by atoms with E-state index in [1.54, 1.807) is 12.3 Å². The lowest BCUT2D eigenvalue weighted by Crippen LogP contribution is -2.39. The molecule has 4 aromatic rings. The van der Waals surface area contributed by atoms with Crippen LogP contribution in [0.2, 0.25) is 5.02 Å². The molecule has 2 aliphatic heterocycles. The zero-order valence-electron chi connectivity index (χ0n) is 21.8. The molecule has 4 heterocycles. The molecular weight excluding hydrogens is 535 g/mol. The quantitative estimate of drug-likeness (QED) is 0.344. The predicted octanol–water partition coefficient (Wildman–Crippen LogP) is 4.96. The van der Waals surface area contributed by atoms with Gasteiger partial charge in [-0.25, -0.2) is 9.37 Å². The van der Waals surface area contributed by atoms with Crippen molar-refractivity contribution in [2.75, 3.05) is 5.32 Å². The van der Waals surface area contributed by atoms with E-state index in [4.69, 9.17) is 16.6 Å². The first-order valence-electron chi connectivity index (χ1n) is 13.0. The lowest BCUT2D eigenvalue weighted by molar-refractivity contribution is -0.129. The third-order valence-electron chi connectivity index (χ3n) is 7.40. The van der Waals surface area contributed by atoms with E-state index in [2.05, 4.69) is 25.8 Å². The summed E-state index contributed by atoms with van der Waals surface area (Å²) in [5.41, 5.74) is 3.31. The van der Waals surface area contributed by atoms with Crippen molar-refractivity contribution in [3.05, 3.63) is 77.2 Å². The maximum Gasteiger partial charge on any atom is 0.247 e. The van der Waals surface area contributed by atoms with E-state index in [9.17, 15) is 9.59 Å². The van der Waals surface area contributed by atoms with Crippen LogP contribution in [0.3, 0.4) is 0 Å². The molecule has 1 fully saturated rings. The second-order valence-electron chi connectivity index (χ2n) is 10.2. The van der Waals surface area contributed by atoms with E-state index in [1.807, 2.05) is 43.0 Å². The summed E-state index contributed by atoms with van der Waals surface area (Å²) >= 11 is 6.13. The molecule has 2 amide bonds. The zero-order valence-corrected chi connectivity index (χ0v) is 22.6. The third kappa shape index (κ3) is 4.56. The number of fused-ring (bicyclic) bond motifs is 1. The van der Waals surface area contributed by atoms with E-state index in [1.165, 1.54) is 23.2 Å². The minimum atomic E-state index is -0.615. The average molecular weight is 561 g/mol. The van der Waals surface area contributed by atoms with Crippen LogP contribution in [0, 0.1) is 11.7 Å². The normalized spacial score (nSPS) is 18.7. The lowest BCUT2D eigenvalue weighted by Gasteiger charge is -2.33. The van der Waals surface area contributed by atoms with Crippen molar-refractivity contribution in [3.63, 3.8) is 0 Å². The number of hydrogen-bond donors (Lipinski definition) is 2. The molecule has 2 aromatic heterocycles. The van der Waals surface area contributed by atoms with Gasteiger partial charge < -0.3 is 15.2 Å². The van der Waals surface area contributed by atoms with Gasteiger partial charge in [-0.2, -0.15) is 4.68 Å². The summed E-state index contributed by atoms with van der Waals surface area (Å²) in [7, 11) is 0. The van der Waals surface area contributed by atoms with E-state index in [0.29, 0.717) is 41.3 Å². The van der Waals surface area contributed by atoms with E-state index in [0.717, 1.165) is 12.0 Å². The number of H-pyrrole nitrogens is 1. The minimum absolute atomic E-state index is 0.0418. The number of hydrogen-bond acceptors (Lipinski definition) is 6. The Morgan fingerprint density at radius 3 is 2.80 bits per heavy atom. The Kier molecular flexibility index (Phi) is 6.67. The topological polar surface area (TPSA) is 122 Å². The highest BCUT2D eigenvalue weighted by molar-refractivity contribution is 6.31. The number of benzene rings is 2. The van der Waals surface area contributed by atoms with Crippen LogP contribution in [-0.4, -0.2) is 52.9 Å². The number of amides is 2. The molecule has 204 valence electrons. The van der Waals surface area contributed by atoms with Crippen LogP contribution in [0.4, 0.5) is 10.1 Å². The van der Waals surface area contributed by atoms with Crippen molar-refractivity contribution in [1.82, 2.24) is 35.1 Å². The maximum absolute atomic E-state index is 15.4. The predicted molar refractivity (Wildman–Crippen MR) is 147 cm³/mol. The Labute approximate surface area is 234 Å². The summed E-state index contributed by atoms with van der Waals surface area (Å²) in [5.74, 6) is -0.418. The molecule has 6 rings (SSSR count). The van der Waals surface area contributed by atoms with Gasteiger partial charge >= 0.3 is 0 Å². The number of imidazole rings is 1. The Balaban J connectivity index is 1.29. The summed E-state index contributed by atoms with van der Waals surface area (Å²) < 4.78 is 16.7. The molecule has 12 heteroatoms. The van der Waals surface area contributed by atoms with Gasteiger partial charge in [-0.15, -0.1) is 5.10 Å². The van der Waals surface area contributed by atoms with Gasteiger partial charge in [0.2, 0.25) is 11.8 Å². The summed E-state index contributed by atoms with van der Waals surface area (Å²) in [6.07, 6.45) is 6.51. The fourth-order valence-corrected chi connectivity index (χ4v) is 5.60. The molecular formula is C28H26ClFN8O2. The monoisotopic (exact) mass is 560 g/mol. The average Bonchev–Trinajstić information content (AvgIpc) is 3.71. The molecule has 0 saturated carbocycles.